The van der Waals surface area contributed by atoms with Crippen molar-refractivity contribution in [1.82, 2.24) is 9.97 Å². The molecule has 0 unspecified atom stereocenters. The van der Waals surface area contributed by atoms with Gasteiger partial charge in [0, 0.05) is 11.1 Å². The van der Waals surface area contributed by atoms with Crippen LogP contribution in [0.3, 0.4) is 0 Å². The standard InChI is InChI=1S/C23H15N3O3/c1-28-15-12-10-14(11-13-15)23(27)29-26-21-17-7-3-2-6-16(17)20-22(21)25-19-9-5-4-8-18(19)24-20/h2-13H,1H3/b26-21+. The molecule has 0 aliphatic heterocycles. The summed E-state index contributed by atoms with van der Waals surface area (Å²) >= 11 is 0. The number of aromatic nitrogens is 2. The quantitative estimate of drug-likeness (QED) is 0.345. The predicted molar refractivity (Wildman–Crippen MR) is 109 cm³/mol. The van der Waals surface area contributed by atoms with Crippen LogP contribution in [0.15, 0.2) is 78.0 Å². The van der Waals surface area contributed by atoms with E-state index in [1.807, 2.05) is 48.5 Å². The van der Waals surface area contributed by atoms with Gasteiger partial charge in [-0.3, -0.25) is 0 Å². The van der Waals surface area contributed by atoms with Crippen LogP contribution >= 0.6 is 0 Å². The molecule has 1 aromatic heterocycles. The third-order valence-corrected chi connectivity index (χ3v) is 4.78. The number of benzene rings is 3. The molecule has 0 amide bonds. The molecule has 140 valence electrons. The lowest BCUT2D eigenvalue weighted by atomic mass is 10.1. The summed E-state index contributed by atoms with van der Waals surface area (Å²) in [6.07, 6.45) is 0. The van der Waals surface area contributed by atoms with Gasteiger partial charge in [0.15, 0.2) is 0 Å². The molecule has 6 nitrogen and oxygen atoms in total. The number of carbonyl (C=O) groups excluding carboxylic acids is 1. The Bertz CT molecular complexity index is 1280. The summed E-state index contributed by atoms with van der Waals surface area (Å²) in [4.78, 5) is 27.2. The maximum absolute atomic E-state index is 12.4. The summed E-state index contributed by atoms with van der Waals surface area (Å²) < 4.78 is 5.11. The largest absolute Gasteiger partial charge is 0.497 e. The Morgan fingerprint density at radius 1 is 0.793 bits per heavy atom. The van der Waals surface area contributed by atoms with E-state index < -0.39 is 5.97 Å². The number of hydrogen-bond donors (Lipinski definition) is 0. The summed E-state index contributed by atoms with van der Waals surface area (Å²) in [5.74, 6) is 0.105. The molecule has 0 bridgehead atoms. The number of rotatable bonds is 3. The first-order chi connectivity index (χ1) is 14.2. The molecule has 6 heteroatoms. The van der Waals surface area contributed by atoms with Crippen molar-refractivity contribution in [3.8, 4) is 17.0 Å². The van der Waals surface area contributed by atoms with E-state index in [-0.39, 0.29) is 0 Å². The summed E-state index contributed by atoms with van der Waals surface area (Å²) in [5, 5.41) is 4.16. The van der Waals surface area contributed by atoms with Crippen molar-refractivity contribution in [2.75, 3.05) is 7.11 Å². The number of hydrogen-bond acceptors (Lipinski definition) is 6. The molecular weight excluding hydrogens is 366 g/mol. The van der Waals surface area contributed by atoms with Crippen LogP contribution in [0.2, 0.25) is 0 Å². The van der Waals surface area contributed by atoms with Crippen molar-refractivity contribution in [1.29, 1.82) is 0 Å². The minimum atomic E-state index is -0.556. The summed E-state index contributed by atoms with van der Waals surface area (Å²) in [5.41, 5.74) is 5.53. The summed E-state index contributed by atoms with van der Waals surface area (Å²) in [7, 11) is 1.57. The topological polar surface area (TPSA) is 73.7 Å². The van der Waals surface area contributed by atoms with Gasteiger partial charge in [-0.25, -0.2) is 14.8 Å². The second kappa shape index (κ2) is 6.83. The highest BCUT2D eigenvalue weighted by atomic mass is 16.7. The minimum Gasteiger partial charge on any atom is -0.497 e. The van der Waals surface area contributed by atoms with Gasteiger partial charge in [-0.2, -0.15) is 0 Å². The molecule has 0 N–H and O–H groups in total. The molecule has 1 aliphatic rings. The van der Waals surface area contributed by atoms with Crippen LogP contribution in [-0.4, -0.2) is 28.8 Å². The highest BCUT2D eigenvalue weighted by molar-refractivity contribution is 6.23. The second-order valence-electron chi connectivity index (χ2n) is 6.50. The zero-order chi connectivity index (χ0) is 19.8. The molecule has 0 spiro atoms. The molecule has 4 aromatic rings. The minimum absolute atomic E-state index is 0.381. The normalized spacial score (nSPS) is 13.2. The highest BCUT2D eigenvalue weighted by Gasteiger charge is 2.29. The van der Waals surface area contributed by atoms with Gasteiger partial charge in [0.1, 0.15) is 17.2 Å². The van der Waals surface area contributed by atoms with Gasteiger partial charge >= 0.3 is 5.97 Å². The molecule has 5 rings (SSSR count). The van der Waals surface area contributed by atoms with Crippen molar-refractivity contribution in [2.45, 2.75) is 0 Å². The fourth-order valence-electron chi connectivity index (χ4n) is 3.34. The Kier molecular flexibility index (Phi) is 4.02. The smallest absolute Gasteiger partial charge is 0.365 e. The third-order valence-electron chi connectivity index (χ3n) is 4.78. The maximum Gasteiger partial charge on any atom is 0.365 e. The van der Waals surface area contributed by atoms with Crippen LogP contribution in [0.1, 0.15) is 21.6 Å². The van der Waals surface area contributed by atoms with E-state index in [1.165, 1.54) is 0 Å². The van der Waals surface area contributed by atoms with Crippen molar-refractivity contribution >= 4 is 22.7 Å². The number of ether oxygens (including phenoxy) is 1. The molecular formula is C23H15N3O3. The van der Waals surface area contributed by atoms with E-state index in [0.717, 1.165) is 27.9 Å². The lowest BCUT2D eigenvalue weighted by Gasteiger charge is -2.04. The molecule has 0 saturated carbocycles. The van der Waals surface area contributed by atoms with E-state index in [2.05, 4.69) is 5.16 Å². The number of para-hydroxylation sites is 2. The number of nitrogens with zero attached hydrogens (tertiary/aromatic N) is 3. The predicted octanol–water partition coefficient (Wildman–Crippen LogP) is 4.23. The van der Waals surface area contributed by atoms with Crippen LogP contribution in [0.25, 0.3) is 22.3 Å². The van der Waals surface area contributed by atoms with E-state index in [1.54, 1.807) is 31.4 Å². The van der Waals surface area contributed by atoms with Gasteiger partial charge in [0.2, 0.25) is 0 Å². The van der Waals surface area contributed by atoms with Gasteiger partial charge in [0.05, 0.1) is 29.4 Å². The number of oxime groups is 1. The number of carbonyl (C=O) groups is 1. The molecule has 0 saturated heterocycles. The van der Waals surface area contributed by atoms with Crippen molar-refractivity contribution < 1.29 is 14.4 Å². The van der Waals surface area contributed by atoms with E-state index >= 15 is 0 Å². The fraction of sp³-hybridized carbons (Fsp3) is 0.0435. The van der Waals surface area contributed by atoms with Gasteiger partial charge in [0.25, 0.3) is 0 Å². The van der Waals surface area contributed by atoms with Crippen LogP contribution in [0, 0.1) is 0 Å². The maximum atomic E-state index is 12.4. The lowest BCUT2D eigenvalue weighted by Crippen LogP contribution is -2.07. The number of methoxy groups -OCH3 is 1. The van der Waals surface area contributed by atoms with E-state index in [0.29, 0.717) is 22.7 Å². The van der Waals surface area contributed by atoms with E-state index in [4.69, 9.17) is 19.5 Å². The molecule has 1 aliphatic carbocycles. The molecule has 0 radical (unpaired) electrons. The van der Waals surface area contributed by atoms with Gasteiger partial charge in [-0.1, -0.05) is 41.6 Å². The zero-order valence-corrected chi connectivity index (χ0v) is 15.5. The fourth-order valence-corrected chi connectivity index (χ4v) is 3.34. The first-order valence-electron chi connectivity index (χ1n) is 9.05. The Morgan fingerprint density at radius 2 is 1.41 bits per heavy atom. The molecule has 1 heterocycles. The second-order valence-corrected chi connectivity index (χ2v) is 6.50. The van der Waals surface area contributed by atoms with Gasteiger partial charge in [-0.05, 0) is 36.4 Å². The number of fused-ring (bicyclic) bond motifs is 4. The summed E-state index contributed by atoms with van der Waals surface area (Å²) in [6, 6.07) is 22.0. The van der Waals surface area contributed by atoms with Gasteiger partial charge < -0.3 is 9.57 Å². The Labute approximate surface area is 166 Å². The SMILES string of the molecule is COc1ccc(C(=O)O/N=C2\c3ccccc3-c3nc4ccccc4nc32)cc1. The third kappa shape index (κ3) is 2.91. The van der Waals surface area contributed by atoms with Crippen molar-refractivity contribution in [2.24, 2.45) is 5.16 Å². The average Bonchev–Trinajstić information content (AvgIpc) is 3.08. The van der Waals surface area contributed by atoms with Crippen LogP contribution in [-0.2, 0) is 4.84 Å². The Balaban J connectivity index is 1.56. The highest BCUT2D eigenvalue weighted by Crippen LogP contribution is 2.35. The first kappa shape index (κ1) is 17.1. The molecule has 0 fully saturated rings. The first-order valence-corrected chi connectivity index (χ1v) is 9.05. The lowest BCUT2D eigenvalue weighted by molar-refractivity contribution is 0.0517. The average molecular weight is 381 g/mol. The van der Waals surface area contributed by atoms with Crippen LogP contribution in [0.4, 0.5) is 0 Å². The van der Waals surface area contributed by atoms with E-state index in [9.17, 15) is 4.79 Å². The van der Waals surface area contributed by atoms with Crippen molar-refractivity contribution in [3.05, 3.63) is 89.6 Å². The molecule has 3 aromatic carbocycles. The Morgan fingerprint density at radius 3 is 2.10 bits per heavy atom. The van der Waals surface area contributed by atoms with Crippen molar-refractivity contribution in [3.63, 3.8) is 0 Å². The van der Waals surface area contributed by atoms with Crippen LogP contribution < -0.4 is 4.74 Å². The Hall–Kier alpha value is -4.06. The van der Waals surface area contributed by atoms with Crippen LogP contribution in [0.5, 0.6) is 5.75 Å². The molecule has 0 atom stereocenters. The monoisotopic (exact) mass is 381 g/mol. The molecule has 29 heavy (non-hydrogen) atoms. The summed E-state index contributed by atoms with van der Waals surface area (Å²) in [6.45, 7) is 0. The van der Waals surface area contributed by atoms with Gasteiger partial charge in [-0.15, -0.1) is 0 Å². The zero-order valence-electron chi connectivity index (χ0n) is 15.5.